The number of carbonyl (C=O) groups is 2. The van der Waals surface area contributed by atoms with Crippen molar-refractivity contribution in [3.05, 3.63) is 30.2 Å². The summed E-state index contributed by atoms with van der Waals surface area (Å²) in [6.07, 6.45) is 3.46. The van der Waals surface area contributed by atoms with Crippen LogP contribution in [0.2, 0.25) is 0 Å². The Morgan fingerprint density at radius 2 is 2.32 bits per heavy atom. The molecule has 116 valence electrons. The molecule has 1 amide bonds. The van der Waals surface area contributed by atoms with Gasteiger partial charge in [0, 0.05) is 13.1 Å². The van der Waals surface area contributed by atoms with E-state index in [1.807, 2.05) is 0 Å². The van der Waals surface area contributed by atoms with Crippen LogP contribution >= 0.6 is 0 Å². The Balaban J connectivity index is 1.58. The van der Waals surface area contributed by atoms with Gasteiger partial charge in [-0.05, 0) is 37.0 Å². The fraction of sp³-hybridized carbons (Fsp3) is 0.438. The van der Waals surface area contributed by atoms with Crippen LogP contribution in [0.3, 0.4) is 0 Å². The SMILES string of the molecule is CC1CCCN(C(=O)COC(=O)c2ccc3ncoc3c2)C1. The molecule has 0 radical (unpaired) electrons. The average Bonchev–Trinajstić information content (AvgIpc) is 2.99. The molecule has 22 heavy (non-hydrogen) atoms. The fourth-order valence-corrected chi connectivity index (χ4v) is 2.70. The molecule has 1 aliphatic heterocycles. The maximum atomic E-state index is 12.1. The second-order valence-corrected chi connectivity index (χ2v) is 5.70. The van der Waals surface area contributed by atoms with Crippen molar-refractivity contribution < 1.29 is 18.7 Å². The summed E-state index contributed by atoms with van der Waals surface area (Å²) in [6, 6.07) is 4.86. The minimum Gasteiger partial charge on any atom is -0.452 e. The Labute approximate surface area is 128 Å². The van der Waals surface area contributed by atoms with Crippen molar-refractivity contribution in [1.82, 2.24) is 9.88 Å². The van der Waals surface area contributed by atoms with Gasteiger partial charge in [-0.15, -0.1) is 0 Å². The van der Waals surface area contributed by atoms with E-state index in [1.54, 1.807) is 23.1 Å². The zero-order valence-corrected chi connectivity index (χ0v) is 12.4. The standard InChI is InChI=1S/C16H18N2O4/c1-11-3-2-6-18(8-11)15(19)9-21-16(20)12-4-5-13-14(7-12)22-10-17-13/h4-5,7,10-11H,2-3,6,8-9H2,1H3. The molecule has 1 atom stereocenters. The summed E-state index contributed by atoms with van der Waals surface area (Å²) in [5, 5.41) is 0. The number of esters is 1. The highest BCUT2D eigenvalue weighted by Gasteiger charge is 2.22. The Hall–Kier alpha value is -2.37. The average molecular weight is 302 g/mol. The summed E-state index contributed by atoms with van der Waals surface area (Å²) in [7, 11) is 0. The molecule has 0 N–H and O–H groups in total. The zero-order valence-electron chi connectivity index (χ0n) is 12.4. The first-order valence-electron chi connectivity index (χ1n) is 7.41. The van der Waals surface area contributed by atoms with Crippen molar-refractivity contribution in [3.63, 3.8) is 0 Å². The number of oxazole rings is 1. The third kappa shape index (κ3) is 3.10. The summed E-state index contributed by atoms with van der Waals surface area (Å²) in [5.41, 5.74) is 1.55. The Morgan fingerprint density at radius 3 is 3.14 bits per heavy atom. The molecule has 6 heteroatoms. The highest BCUT2D eigenvalue weighted by molar-refractivity contribution is 5.94. The van der Waals surface area contributed by atoms with Crippen LogP contribution in [0.5, 0.6) is 0 Å². The third-order valence-corrected chi connectivity index (χ3v) is 3.90. The second-order valence-electron chi connectivity index (χ2n) is 5.70. The van der Waals surface area contributed by atoms with E-state index in [0.717, 1.165) is 25.9 Å². The van der Waals surface area contributed by atoms with Gasteiger partial charge in [0.1, 0.15) is 5.52 Å². The van der Waals surface area contributed by atoms with Gasteiger partial charge in [-0.2, -0.15) is 0 Å². The van der Waals surface area contributed by atoms with Gasteiger partial charge in [0.05, 0.1) is 5.56 Å². The molecular formula is C16H18N2O4. The summed E-state index contributed by atoms with van der Waals surface area (Å²) >= 11 is 0. The van der Waals surface area contributed by atoms with Gasteiger partial charge in [-0.1, -0.05) is 6.92 Å². The van der Waals surface area contributed by atoms with E-state index in [4.69, 9.17) is 9.15 Å². The van der Waals surface area contributed by atoms with Gasteiger partial charge in [0.2, 0.25) is 0 Å². The lowest BCUT2D eigenvalue weighted by atomic mass is 10.0. The molecule has 0 bridgehead atoms. The molecule has 2 aromatic rings. The molecular weight excluding hydrogens is 284 g/mol. The van der Waals surface area contributed by atoms with Gasteiger partial charge in [0.25, 0.3) is 5.91 Å². The normalized spacial score (nSPS) is 18.4. The van der Waals surface area contributed by atoms with Crippen molar-refractivity contribution in [2.75, 3.05) is 19.7 Å². The van der Waals surface area contributed by atoms with Crippen LogP contribution in [-0.2, 0) is 9.53 Å². The molecule has 0 saturated carbocycles. The molecule has 3 rings (SSSR count). The van der Waals surface area contributed by atoms with Crippen LogP contribution in [0.25, 0.3) is 11.1 Å². The first-order valence-corrected chi connectivity index (χ1v) is 7.41. The van der Waals surface area contributed by atoms with Gasteiger partial charge in [-0.3, -0.25) is 4.79 Å². The first kappa shape index (κ1) is 14.6. The molecule has 1 saturated heterocycles. The smallest absolute Gasteiger partial charge is 0.338 e. The first-order chi connectivity index (χ1) is 10.6. The second kappa shape index (κ2) is 6.17. The van der Waals surface area contributed by atoms with Crippen molar-refractivity contribution in [2.24, 2.45) is 5.92 Å². The predicted molar refractivity (Wildman–Crippen MR) is 79.3 cm³/mol. The number of aromatic nitrogens is 1. The van der Waals surface area contributed by atoms with Crippen LogP contribution in [-0.4, -0.2) is 41.5 Å². The van der Waals surface area contributed by atoms with Gasteiger partial charge in [0.15, 0.2) is 18.6 Å². The van der Waals surface area contributed by atoms with Crippen LogP contribution in [0, 0.1) is 5.92 Å². The number of fused-ring (bicyclic) bond motifs is 1. The van der Waals surface area contributed by atoms with Crippen molar-refractivity contribution in [1.29, 1.82) is 0 Å². The molecule has 0 aliphatic carbocycles. The number of benzene rings is 1. The largest absolute Gasteiger partial charge is 0.452 e. The number of nitrogens with zero attached hydrogens (tertiary/aromatic N) is 2. The lowest BCUT2D eigenvalue weighted by molar-refractivity contribution is -0.136. The number of amides is 1. The summed E-state index contributed by atoms with van der Waals surface area (Å²) in [4.78, 5) is 29.8. The maximum absolute atomic E-state index is 12.1. The zero-order chi connectivity index (χ0) is 15.5. The van der Waals surface area contributed by atoms with E-state index in [9.17, 15) is 9.59 Å². The number of ether oxygens (including phenoxy) is 1. The number of carbonyl (C=O) groups excluding carboxylic acids is 2. The van der Waals surface area contributed by atoms with Gasteiger partial charge in [-0.25, -0.2) is 9.78 Å². The third-order valence-electron chi connectivity index (χ3n) is 3.90. The minimum absolute atomic E-state index is 0.138. The lowest BCUT2D eigenvalue weighted by Gasteiger charge is -2.30. The molecule has 1 aromatic carbocycles. The molecule has 2 heterocycles. The van der Waals surface area contributed by atoms with Crippen LogP contribution < -0.4 is 0 Å². The number of hydrogen-bond acceptors (Lipinski definition) is 5. The van der Waals surface area contributed by atoms with Crippen molar-refractivity contribution in [3.8, 4) is 0 Å². The predicted octanol–water partition coefficient (Wildman–Crippen LogP) is 2.24. The highest BCUT2D eigenvalue weighted by atomic mass is 16.5. The molecule has 1 aromatic heterocycles. The van der Waals surface area contributed by atoms with Crippen molar-refractivity contribution >= 4 is 23.0 Å². The van der Waals surface area contributed by atoms with E-state index in [2.05, 4.69) is 11.9 Å². The quantitative estimate of drug-likeness (QED) is 0.813. The summed E-state index contributed by atoms with van der Waals surface area (Å²) < 4.78 is 10.3. The van der Waals surface area contributed by atoms with Gasteiger partial charge >= 0.3 is 5.97 Å². The molecule has 0 spiro atoms. The topological polar surface area (TPSA) is 72.6 Å². The molecule has 1 unspecified atom stereocenters. The number of likely N-dealkylation sites (tertiary alicyclic amines) is 1. The Kier molecular flexibility index (Phi) is 4.09. The van der Waals surface area contributed by atoms with Gasteiger partial charge < -0.3 is 14.1 Å². The number of rotatable bonds is 3. The monoisotopic (exact) mass is 302 g/mol. The number of piperidine rings is 1. The van der Waals surface area contributed by atoms with Crippen LogP contribution in [0.1, 0.15) is 30.1 Å². The van der Waals surface area contributed by atoms with E-state index in [0.29, 0.717) is 22.6 Å². The summed E-state index contributed by atoms with van der Waals surface area (Å²) in [5.74, 6) is -0.167. The van der Waals surface area contributed by atoms with Crippen LogP contribution in [0.15, 0.2) is 29.0 Å². The Bertz CT molecular complexity index is 694. The van der Waals surface area contributed by atoms with Crippen molar-refractivity contribution in [2.45, 2.75) is 19.8 Å². The maximum Gasteiger partial charge on any atom is 0.338 e. The lowest BCUT2D eigenvalue weighted by Crippen LogP contribution is -2.41. The minimum atomic E-state index is -0.531. The summed E-state index contributed by atoms with van der Waals surface area (Å²) in [6.45, 7) is 3.38. The molecule has 1 aliphatic rings. The molecule has 6 nitrogen and oxygen atoms in total. The van der Waals surface area contributed by atoms with E-state index in [-0.39, 0.29) is 12.5 Å². The van der Waals surface area contributed by atoms with E-state index in [1.165, 1.54) is 6.39 Å². The fourth-order valence-electron chi connectivity index (χ4n) is 2.70. The van der Waals surface area contributed by atoms with E-state index >= 15 is 0 Å². The number of hydrogen-bond donors (Lipinski definition) is 0. The van der Waals surface area contributed by atoms with E-state index < -0.39 is 5.97 Å². The highest BCUT2D eigenvalue weighted by Crippen LogP contribution is 2.17. The Morgan fingerprint density at radius 1 is 1.45 bits per heavy atom. The van der Waals surface area contributed by atoms with Crippen LogP contribution in [0.4, 0.5) is 0 Å². The molecule has 1 fully saturated rings.